The largest absolute Gasteiger partial charge is 0.393 e. The summed E-state index contributed by atoms with van der Waals surface area (Å²) in [6.45, 7) is 2.60. The Labute approximate surface area is 136 Å². The van der Waals surface area contributed by atoms with Gasteiger partial charge in [-0.1, -0.05) is 12.5 Å². The van der Waals surface area contributed by atoms with Crippen LogP contribution in [0, 0.1) is 12.8 Å². The summed E-state index contributed by atoms with van der Waals surface area (Å²) in [5.41, 5.74) is 2.60. The fraction of sp³-hybridized carbons (Fsp3) is 0.444. The number of anilines is 1. The van der Waals surface area contributed by atoms with Gasteiger partial charge in [0.05, 0.1) is 17.3 Å². The molecule has 1 saturated carbocycles. The standard InChI is InChI=1S/C18H23N3O2/c1-12-8-14-5-3-7-19-17(14)16(9-12)21-18(23)20-11-13-4-2-6-15(22)10-13/h3,5,7-9,13,15,22H,2,4,6,10-11H2,1H3,(H2,20,21,23). The maximum atomic E-state index is 12.2. The molecule has 2 amide bonds. The van der Waals surface area contributed by atoms with Gasteiger partial charge in [-0.15, -0.1) is 0 Å². The average Bonchev–Trinajstić information content (AvgIpc) is 2.53. The van der Waals surface area contributed by atoms with Crippen LogP contribution in [0.1, 0.15) is 31.2 Å². The van der Waals surface area contributed by atoms with Gasteiger partial charge < -0.3 is 15.7 Å². The highest BCUT2D eigenvalue weighted by atomic mass is 16.3. The lowest BCUT2D eigenvalue weighted by Crippen LogP contribution is -2.35. The number of nitrogens with zero attached hydrogens (tertiary/aromatic N) is 1. The number of pyridine rings is 1. The van der Waals surface area contributed by atoms with Crippen LogP contribution in [0.4, 0.5) is 10.5 Å². The molecule has 0 saturated heterocycles. The van der Waals surface area contributed by atoms with Crippen molar-refractivity contribution in [3.8, 4) is 0 Å². The molecule has 1 heterocycles. The van der Waals surface area contributed by atoms with Gasteiger partial charge in [-0.3, -0.25) is 4.98 Å². The Morgan fingerprint density at radius 1 is 1.39 bits per heavy atom. The van der Waals surface area contributed by atoms with E-state index < -0.39 is 0 Å². The first-order chi connectivity index (χ1) is 11.1. The van der Waals surface area contributed by atoms with E-state index in [2.05, 4.69) is 21.7 Å². The van der Waals surface area contributed by atoms with Crippen molar-refractivity contribution >= 4 is 22.6 Å². The quantitative estimate of drug-likeness (QED) is 0.814. The Hall–Kier alpha value is -2.14. The monoisotopic (exact) mass is 313 g/mol. The van der Waals surface area contributed by atoms with Gasteiger partial charge in [0.15, 0.2) is 0 Å². The smallest absolute Gasteiger partial charge is 0.319 e. The number of benzene rings is 1. The van der Waals surface area contributed by atoms with Crippen LogP contribution in [0.15, 0.2) is 30.5 Å². The predicted octanol–water partition coefficient (Wildman–Crippen LogP) is 3.22. The first kappa shape index (κ1) is 15.7. The van der Waals surface area contributed by atoms with E-state index in [0.29, 0.717) is 12.5 Å². The van der Waals surface area contributed by atoms with Crippen molar-refractivity contribution in [1.29, 1.82) is 0 Å². The van der Waals surface area contributed by atoms with E-state index >= 15 is 0 Å². The van der Waals surface area contributed by atoms with Crippen molar-refractivity contribution in [3.05, 3.63) is 36.0 Å². The molecule has 1 fully saturated rings. The summed E-state index contributed by atoms with van der Waals surface area (Å²) in [4.78, 5) is 16.5. The molecule has 3 rings (SSSR count). The number of urea groups is 1. The number of hydrogen-bond acceptors (Lipinski definition) is 3. The molecule has 0 radical (unpaired) electrons. The molecule has 2 unspecified atom stereocenters. The van der Waals surface area contributed by atoms with Crippen molar-refractivity contribution in [2.24, 2.45) is 5.92 Å². The first-order valence-electron chi connectivity index (χ1n) is 8.20. The number of aliphatic hydroxyl groups excluding tert-OH is 1. The van der Waals surface area contributed by atoms with Crippen molar-refractivity contribution in [2.75, 3.05) is 11.9 Å². The number of aryl methyl sites for hydroxylation is 1. The molecule has 0 aliphatic heterocycles. The van der Waals surface area contributed by atoms with Gasteiger partial charge in [0.25, 0.3) is 0 Å². The van der Waals surface area contributed by atoms with Crippen LogP contribution in [0.5, 0.6) is 0 Å². The topological polar surface area (TPSA) is 74.2 Å². The Morgan fingerprint density at radius 3 is 3.09 bits per heavy atom. The zero-order chi connectivity index (χ0) is 16.2. The molecule has 1 aromatic heterocycles. The minimum Gasteiger partial charge on any atom is -0.393 e. The number of nitrogens with one attached hydrogen (secondary N) is 2. The van der Waals surface area contributed by atoms with E-state index in [1.54, 1.807) is 6.20 Å². The van der Waals surface area contributed by atoms with Gasteiger partial charge >= 0.3 is 6.03 Å². The number of hydrogen-bond donors (Lipinski definition) is 3. The molecule has 3 N–H and O–H groups in total. The van der Waals surface area contributed by atoms with E-state index in [0.717, 1.165) is 47.8 Å². The van der Waals surface area contributed by atoms with Gasteiger partial charge in [0, 0.05) is 18.1 Å². The summed E-state index contributed by atoms with van der Waals surface area (Å²) < 4.78 is 0. The summed E-state index contributed by atoms with van der Waals surface area (Å²) in [6.07, 6.45) is 5.25. The minimum absolute atomic E-state index is 0.219. The predicted molar refractivity (Wildman–Crippen MR) is 91.5 cm³/mol. The normalized spacial score (nSPS) is 21.1. The van der Waals surface area contributed by atoms with Gasteiger partial charge in [-0.05, 0) is 55.9 Å². The number of rotatable bonds is 3. The molecular weight excluding hydrogens is 290 g/mol. The Kier molecular flexibility index (Phi) is 4.76. The lowest BCUT2D eigenvalue weighted by molar-refractivity contribution is 0.101. The third-order valence-corrected chi connectivity index (χ3v) is 4.40. The van der Waals surface area contributed by atoms with Gasteiger partial charge in [-0.2, -0.15) is 0 Å². The van der Waals surface area contributed by atoms with Crippen LogP contribution in [0.3, 0.4) is 0 Å². The lowest BCUT2D eigenvalue weighted by Gasteiger charge is -2.25. The first-order valence-corrected chi connectivity index (χ1v) is 8.20. The third kappa shape index (κ3) is 3.99. The second kappa shape index (κ2) is 6.96. The summed E-state index contributed by atoms with van der Waals surface area (Å²) >= 11 is 0. The second-order valence-corrected chi connectivity index (χ2v) is 6.41. The van der Waals surface area contributed by atoms with Crippen LogP contribution in [-0.4, -0.2) is 28.8 Å². The fourth-order valence-corrected chi connectivity index (χ4v) is 3.29. The van der Waals surface area contributed by atoms with E-state index in [1.165, 1.54) is 0 Å². The second-order valence-electron chi connectivity index (χ2n) is 6.41. The van der Waals surface area contributed by atoms with Crippen LogP contribution in [-0.2, 0) is 0 Å². The molecular formula is C18H23N3O2. The maximum absolute atomic E-state index is 12.2. The maximum Gasteiger partial charge on any atom is 0.319 e. The molecule has 0 bridgehead atoms. The zero-order valence-electron chi connectivity index (χ0n) is 13.4. The van der Waals surface area contributed by atoms with Crippen LogP contribution >= 0.6 is 0 Å². The minimum atomic E-state index is -0.220. The van der Waals surface area contributed by atoms with Crippen LogP contribution < -0.4 is 10.6 Å². The number of carbonyl (C=O) groups is 1. The molecule has 23 heavy (non-hydrogen) atoms. The summed E-state index contributed by atoms with van der Waals surface area (Å²) in [5, 5.41) is 16.5. The van der Waals surface area contributed by atoms with E-state index in [1.807, 2.05) is 25.1 Å². The van der Waals surface area contributed by atoms with E-state index in [-0.39, 0.29) is 12.1 Å². The number of fused-ring (bicyclic) bond motifs is 1. The number of carbonyl (C=O) groups excluding carboxylic acids is 1. The summed E-state index contributed by atoms with van der Waals surface area (Å²) in [7, 11) is 0. The highest BCUT2D eigenvalue weighted by molar-refractivity contribution is 5.99. The fourth-order valence-electron chi connectivity index (χ4n) is 3.29. The zero-order valence-corrected chi connectivity index (χ0v) is 13.4. The highest BCUT2D eigenvalue weighted by Gasteiger charge is 2.20. The van der Waals surface area contributed by atoms with Gasteiger partial charge in [0.2, 0.25) is 0 Å². The number of amides is 2. The molecule has 0 spiro atoms. The Balaban J connectivity index is 1.64. The van der Waals surface area contributed by atoms with E-state index in [4.69, 9.17) is 0 Å². The van der Waals surface area contributed by atoms with Gasteiger partial charge in [0.1, 0.15) is 0 Å². The number of aliphatic hydroxyl groups is 1. The molecule has 5 nitrogen and oxygen atoms in total. The average molecular weight is 313 g/mol. The Bertz CT molecular complexity index is 702. The van der Waals surface area contributed by atoms with Crippen molar-refractivity contribution in [1.82, 2.24) is 10.3 Å². The Morgan fingerprint density at radius 2 is 2.26 bits per heavy atom. The molecule has 122 valence electrons. The molecule has 1 aliphatic carbocycles. The highest BCUT2D eigenvalue weighted by Crippen LogP contribution is 2.24. The van der Waals surface area contributed by atoms with Crippen molar-refractivity contribution in [3.63, 3.8) is 0 Å². The van der Waals surface area contributed by atoms with Gasteiger partial charge in [-0.25, -0.2) is 4.79 Å². The van der Waals surface area contributed by atoms with Crippen molar-refractivity contribution < 1.29 is 9.90 Å². The SMILES string of the molecule is Cc1cc(NC(=O)NCC2CCCC(O)C2)c2ncccc2c1. The molecule has 5 heteroatoms. The van der Waals surface area contributed by atoms with Crippen molar-refractivity contribution in [2.45, 2.75) is 38.7 Å². The molecule has 2 atom stereocenters. The van der Waals surface area contributed by atoms with E-state index in [9.17, 15) is 9.90 Å². The number of aromatic nitrogens is 1. The summed E-state index contributed by atoms with van der Waals surface area (Å²) in [5.74, 6) is 0.358. The third-order valence-electron chi connectivity index (χ3n) is 4.40. The molecule has 1 aromatic carbocycles. The summed E-state index contributed by atoms with van der Waals surface area (Å²) in [6, 6.07) is 7.64. The molecule has 1 aliphatic rings. The molecule has 2 aromatic rings. The van der Waals surface area contributed by atoms with Crippen LogP contribution in [0.25, 0.3) is 10.9 Å². The lowest BCUT2D eigenvalue weighted by atomic mass is 9.87. The van der Waals surface area contributed by atoms with Crippen LogP contribution in [0.2, 0.25) is 0 Å².